The molecule has 1 saturated carbocycles. The summed E-state index contributed by atoms with van der Waals surface area (Å²) in [6.45, 7) is 4.23. The fraction of sp³-hybridized carbons (Fsp3) is 0.476. The second-order valence-electron chi connectivity index (χ2n) is 7.90. The fourth-order valence-corrected chi connectivity index (χ4v) is 5.03. The van der Waals surface area contributed by atoms with Gasteiger partial charge in [-0.1, -0.05) is 32.8 Å². The summed E-state index contributed by atoms with van der Waals surface area (Å²) in [4.78, 5) is 12.0. The van der Waals surface area contributed by atoms with Gasteiger partial charge < -0.3 is 9.73 Å². The number of hydrogen-bond acceptors (Lipinski definition) is 4. The summed E-state index contributed by atoms with van der Waals surface area (Å²) >= 11 is 0. The number of carbonyl (C=O) groups excluding carboxylic acids is 1. The van der Waals surface area contributed by atoms with Crippen LogP contribution in [0.4, 0.5) is 13.2 Å². The highest BCUT2D eigenvalue weighted by atomic mass is 32.2. The molecule has 9 heteroatoms. The van der Waals surface area contributed by atoms with Gasteiger partial charge in [0, 0.05) is 6.04 Å². The first-order valence-electron chi connectivity index (χ1n) is 9.77. The van der Waals surface area contributed by atoms with E-state index in [1.807, 2.05) is 0 Å². The van der Waals surface area contributed by atoms with E-state index >= 15 is 0 Å². The van der Waals surface area contributed by atoms with E-state index in [-0.39, 0.29) is 17.6 Å². The fourth-order valence-electron chi connectivity index (χ4n) is 3.74. The molecule has 0 aliphatic heterocycles. The van der Waals surface area contributed by atoms with E-state index in [0.29, 0.717) is 17.9 Å². The highest BCUT2D eigenvalue weighted by molar-refractivity contribution is 7.90. The summed E-state index contributed by atoms with van der Waals surface area (Å²) in [6, 6.07) is 6.30. The van der Waals surface area contributed by atoms with Gasteiger partial charge in [0.1, 0.15) is 11.5 Å². The third kappa shape index (κ3) is 5.06. The predicted octanol–water partition coefficient (Wildman–Crippen LogP) is 4.83. The van der Waals surface area contributed by atoms with E-state index < -0.39 is 38.1 Å². The maximum Gasteiger partial charge on any atom is 0.416 e. The van der Waals surface area contributed by atoms with Crippen LogP contribution in [-0.4, -0.2) is 20.4 Å². The maximum absolute atomic E-state index is 12.9. The van der Waals surface area contributed by atoms with Crippen LogP contribution in [0.3, 0.4) is 0 Å². The van der Waals surface area contributed by atoms with E-state index in [0.717, 1.165) is 37.5 Å². The molecule has 1 aliphatic carbocycles. The van der Waals surface area contributed by atoms with Crippen molar-refractivity contribution in [2.24, 2.45) is 11.8 Å². The zero-order valence-corrected chi connectivity index (χ0v) is 17.5. The largest absolute Gasteiger partial charge is 0.455 e. The summed E-state index contributed by atoms with van der Waals surface area (Å²) in [5, 5.41) is 2.94. The van der Waals surface area contributed by atoms with Gasteiger partial charge in [0.15, 0.2) is 15.6 Å². The molecular formula is C21H24F3NO4S. The molecule has 1 aliphatic rings. The zero-order valence-electron chi connectivity index (χ0n) is 16.7. The van der Waals surface area contributed by atoms with E-state index in [1.54, 1.807) is 0 Å². The SMILES string of the molecule is C[C@H]1[C@H](C)CCC[C@@H]1NC(=O)c1ccc(CS(=O)(=O)c2cccc(C(F)(F)F)c2)o1. The van der Waals surface area contributed by atoms with Crippen LogP contribution in [0.15, 0.2) is 45.7 Å². The van der Waals surface area contributed by atoms with Crippen LogP contribution in [0.2, 0.25) is 0 Å². The van der Waals surface area contributed by atoms with Crippen molar-refractivity contribution in [3.8, 4) is 0 Å². The Balaban J connectivity index is 1.71. The maximum atomic E-state index is 12.9. The van der Waals surface area contributed by atoms with Gasteiger partial charge in [-0.25, -0.2) is 8.42 Å². The van der Waals surface area contributed by atoms with Gasteiger partial charge >= 0.3 is 6.18 Å². The predicted molar refractivity (Wildman–Crippen MR) is 104 cm³/mol. The van der Waals surface area contributed by atoms with Crippen molar-refractivity contribution < 1.29 is 30.8 Å². The number of sulfone groups is 1. The van der Waals surface area contributed by atoms with Gasteiger partial charge in [-0.15, -0.1) is 0 Å². The third-order valence-corrected chi connectivity index (χ3v) is 7.40. The Morgan fingerprint density at radius 3 is 2.60 bits per heavy atom. The summed E-state index contributed by atoms with van der Waals surface area (Å²) in [6.07, 6.45) is -1.63. The molecule has 0 spiro atoms. The topological polar surface area (TPSA) is 76.4 Å². The number of nitrogens with one attached hydrogen (secondary N) is 1. The van der Waals surface area contributed by atoms with Crippen molar-refractivity contribution in [2.45, 2.75) is 56.0 Å². The van der Waals surface area contributed by atoms with Crippen LogP contribution in [0.1, 0.15) is 55.0 Å². The molecule has 5 nitrogen and oxygen atoms in total. The molecule has 0 radical (unpaired) electrons. The number of rotatable bonds is 5. The monoisotopic (exact) mass is 443 g/mol. The van der Waals surface area contributed by atoms with Crippen LogP contribution in [0.5, 0.6) is 0 Å². The average Bonchev–Trinajstić information content (AvgIpc) is 3.13. The zero-order chi connectivity index (χ0) is 22.1. The second kappa shape index (κ2) is 8.45. The number of alkyl halides is 3. The molecule has 3 atom stereocenters. The molecule has 3 rings (SSSR count). The average molecular weight is 443 g/mol. The lowest BCUT2D eigenvalue weighted by molar-refractivity contribution is -0.137. The van der Waals surface area contributed by atoms with Crippen molar-refractivity contribution in [1.82, 2.24) is 5.32 Å². The number of amides is 1. The van der Waals surface area contributed by atoms with Crippen LogP contribution < -0.4 is 5.32 Å². The lowest BCUT2D eigenvalue weighted by Crippen LogP contribution is -2.43. The molecule has 30 heavy (non-hydrogen) atoms. The number of halogens is 3. The lowest BCUT2D eigenvalue weighted by atomic mass is 9.78. The molecule has 0 saturated heterocycles. The Hall–Kier alpha value is -2.29. The minimum atomic E-state index is -4.64. The van der Waals surface area contributed by atoms with E-state index in [9.17, 15) is 26.4 Å². The first kappa shape index (κ1) is 22.4. The normalized spacial score (nSPS) is 22.6. The van der Waals surface area contributed by atoms with Crippen LogP contribution in [0, 0.1) is 11.8 Å². The highest BCUT2D eigenvalue weighted by Gasteiger charge is 2.32. The number of benzene rings is 1. The van der Waals surface area contributed by atoms with E-state index in [1.165, 1.54) is 12.1 Å². The summed E-state index contributed by atoms with van der Waals surface area (Å²) in [5.74, 6) is -0.286. The Kier molecular flexibility index (Phi) is 6.31. The Bertz CT molecular complexity index is 1010. The van der Waals surface area contributed by atoms with Gasteiger partial charge in [-0.05, 0) is 48.6 Å². The van der Waals surface area contributed by atoms with E-state index in [4.69, 9.17) is 4.42 Å². The molecule has 1 aromatic carbocycles. The summed E-state index contributed by atoms with van der Waals surface area (Å²) < 4.78 is 69.0. The standard InChI is InChI=1S/C21H24F3NO4S/c1-13-5-3-8-18(14(13)2)25-20(26)19-10-9-16(29-19)12-30(27,28)17-7-4-6-15(11-17)21(22,23)24/h4,6-7,9-11,13-14,18H,3,5,8,12H2,1-2H3,(H,25,26)/t13-,14+,18+/m1/s1. The van der Waals surface area contributed by atoms with Crippen molar-refractivity contribution in [2.75, 3.05) is 0 Å². The molecule has 1 heterocycles. The minimum absolute atomic E-state index is 0.0115. The van der Waals surface area contributed by atoms with Crippen molar-refractivity contribution in [3.63, 3.8) is 0 Å². The summed E-state index contributed by atoms with van der Waals surface area (Å²) in [7, 11) is -4.08. The molecule has 1 amide bonds. The van der Waals surface area contributed by atoms with E-state index in [2.05, 4.69) is 19.2 Å². The third-order valence-electron chi connectivity index (χ3n) is 5.76. The van der Waals surface area contributed by atoms with Crippen LogP contribution >= 0.6 is 0 Å². The van der Waals surface area contributed by atoms with Crippen molar-refractivity contribution in [3.05, 3.63) is 53.5 Å². The van der Waals surface area contributed by atoms with Crippen molar-refractivity contribution >= 4 is 15.7 Å². The Morgan fingerprint density at radius 1 is 1.17 bits per heavy atom. The Labute approximate surface area is 173 Å². The lowest BCUT2D eigenvalue weighted by Gasteiger charge is -2.34. The minimum Gasteiger partial charge on any atom is -0.455 e. The van der Waals surface area contributed by atoms with Crippen LogP contribution in [0.25, 0.3) is 0 Å². The first-order valence-corrected chi connectivity index (χ1v) is 11.4. The summed E-state index contributed by atoms with van der Waals surface area (Å²) in [5.41, 5.74) is -1.04. The van der Waals surface area contributed by atoms with Gasteiger partial charge in [0.2, 0.25) is 0 Å². The molecule has 164 valence electrons. The Morgan fingerprint density at radius 2 is 1.90 bits per heavy atom. The van der Waals surface area contributed by atoms with Gasteiger partial charge in [-0.3, -0.25) is 4.79 Å². The highest BCUT2D eigenvalue weighted by Crippen LogP contribution is 2.32. The molecule has 1 aromatic heterocycles. The second-order valence-corrected chi connectivity index (χ2v) is 9.89. The smallest absolute Gasteiger partial charge is 0.416 e. The first-order chi connectivity index (χ1) is 14.0. The molecule has 1 fully saturated rings. The molecular weight excluding hydrogens is 419 g/mol. The molecule has 0 unspecified atom stereocenters. The number of hydrogen-bond donors (Lipinski definition) is 1. The van der Waals surface area contributed by atoms with Gasteiger partial charge in [-0.2, -0.15) is 13.2 Å². The quantitative estimate of drug-likeness (QED) is 0.718. The van der Waals surface area contributed by atoms with Crippen molar-refractivity contribution in [1.29, 1.82) is 0 Å². The molecule has 2 aromatic rings. The van der Waals surface area contributed by atoms with Gasteiger partial charge in [0.25, 0.3) is 5.91 Å². The number of furan rings is 1. The molecule has 0 bridgehead atoms. The molecule has 1 N–H and O–H groups in total. The number of carbonyl (C=O) groups is 1. The van der Waals surface area contributed by atoms with Gasteiger partial charge in [0.05, 0.1) is 10.5 Å². The van der Waals surface area contributed by atoms with Crippen LogP contribution in [-0.2, 0) is 21.8 Å².